The van der Waals surface area contributed by atoms with Gasteiger partial charge in [-0.1, -0.05) is 4.49 Å². The molecule has 17 heavy (non-hydrogen) atoms. The predicted molar refractivity (Wildman–Crippen MR) is 65.0 cm³/mol. The minimum absolute atomic E-state index is 0.0832. The first-order chi connectivity index (χ1) is 8.27. The van der Waals surface area contributed by atoms with Crippen molar-refractivity contribution in [3.8, 4) is 0 Å². The van der Waals surface area contributed by atoms with E-state index in [1.807, 2.05) is 0 Å². The average molecular weight is 252 g/mol. The highest BCUT2D eigenvalue weighted by Crippen LogP contribution is 2.38. The number of rotatable bonds is 2. The van der Waals surface area contributed by atoms with E-state index < -0.39 is 0 Å². The number of nitrogens with one attached hydrogen (secondary N) is 2. The van der Waals surface area contributed by atoms with Crippen LogP contribution in [0.4, 0.5) is 0 Å². The summed E-state index contributed by atoms with van der Waals surface area (Å²) in [5.41, 5.74) is 0.757. The standard InChI is InChI=1S/C11H16N4OS/c16-10(9-7-17-15-14-9)13-8-2-5-12-11(6-8)3-1-4-11/h7-8,12H,1-6H2,(H,13,16). The third kappa shape index (κ3) is 2.19. The van der Waals surface area contributed by atoms with Crippen LogP contribution in [-0.4, -0.2) is 33.6 Å². The molecule has 5 nitrogen and oxygen atoms in total. The molecule has 1 unspecified atom stereocenters. The van der Waals surface area contributed by atoms with Crippen LogP contribution < -0.4 is 10.6 Å². The molecule has 6 heteroatoms. The summed E-state index contributed by atoms with van der Waals surface area (Å²) in [5, 5.41) is 12.1. The molecule has 2 aliphatic rings. The molecule has 1 amide bonds. The molecule has 0 radical (unpaired) electrons. The number of carbonyl (C=O) groups is 1. The van der Waals surface area contributed by atoms with Gasteiger partial charge in [-0.05, 0) is 50.2 Å². The van der Waals surface area contributed by atoms with Crippen molar-refractivity contribution in [2.24, 2.45) is 0 Å². The Morgan fingerprint density at radius 2 is 2.47 bits per heavy atom. The zero-order valence-electron chi connectivity index (χ0n) is 9.61. The number of aromatic nitrogens is 2. The zero-order valence-corrected chi connectivity index (χ0v) is 10.4. The first kappa shape index (κ1) is 11.1. The molecular weight excluding hydrogens is 236 g/mol. The van der Waals surface area contributed by atoms with E-state index in [9.17, 15) is 4.79 Å². The molecule has 0 aromatic carbocycles. The van der Waals surface area contributed by atoms with Crippen molar-refractivity contribution < 1.29 is 4.79 Å². The monoisotopic (exact) mass is 252 g/mol. The number of hydrogen-bond acceptors (Lipinski definition) is 5. The summed E-state index contributed by atoms with van der Waals surface area (Å²) in [6.07, 6.45) is 5.86. The Labute approximate surface area is 104 Å². The van der Waals surface area contributed by atoms with Gasteiger partial charge in [-0.3, -0.25) is 4.79 Å². The van der Waals surface area contributed by atoms with E-state index in [2.05, 4.69) is 20.2 Å². The summed E-state index contributed by atoms with van der Waals surface area (Å²) >= 11 is 1.21. The van der Waals surface area contributed by atoms with E-state index in [1.54, 1.807) is 5.38 Å². The molecule has 0 bridgehead atoms. The highest BCUT2D eigenvalue weighted by atomic mass is 32.1. The maximum absolute atomic E-state index is 11.9. The Balaban J connectivity index is 1.60. The summed E-state index contributed by atoms with van der Waals surface area (Å²) in [7, 11) is 0. The number of nitrogens with zero attached hydrogens (tertiary/aromatic N) is 2. The van der Waals surface area contributed by atoms with Crippen molar-refractivity contribution in [2.45, 2.75) is 43.7 Å². The molecule has 3 rings (SSSR count). The van der Waals surface area contributed by atoms with E-state index in [0.29, 0.717) is 11.2 Å². The molecule has 1 spiro atoms. The van der Waals surface area contributed by atoms with Crippen molar-refractivity contribution >= 4 is 17.4 Å². The first-order valence-corrected chi connectivity index (χ1v) is 6.94. The molecule has 1 atom stereocenters. The maximum atomic E-state index is 11.9. The van der Waals surface area contributed by atoms with E-state index in [1.165, 1.54) is 30.8 Å². The molecule has 1 saturated heterocycles. The number of amides is 1. The second-order valence-corrected chi connectivity index (χ2v) is 5.62. The molecule has 92 valence electrons. The molecular formula is C11H16N4OS. The molecule has 2 heterocycles. The van der Waals surface area contributed by atoms with Crippen molar-refractivity contribution in [2.75, 3.05) is 6.54 Å². The second kappa shape index (κ2) is 4.34. The predicted octanol–water partition coefficient (Wildman–Crippen LogP) is 0.943. The summed E-state index contributed by atoms with van der Waals surface area (Å²) in [5.74, 6) is -0.0832. The molecule has 1 saturated carbocycles. The van der Waals surface area contributed by atoms with Gasteiger partial charge in [-0.25, -0.2) is 0 Å². The molecule has 1 aliphatic carbocycles. The van der Waals surface area contributed by atoms with E-state index >= 15 is 0 Å². The van der Waals surface area contributed by atoms with E-state index in [0.717, 1.165) is 19.4 Å². The van der Waals surface area contributed by atoms with Crippen LogP contribution in [0.3, 0.4) is 0 Å². The Morgan fingerprint density at radius 3 is 3.12 bits per heavy atom. The van der Waals surface area contributed by atoms with Gasteiger partial charge in [0.1, 0.15) is 0 Å². The van der Waals surface area contributed by atoms with Crippen molar-refractivity contribution in [3.05, 3.63) is 11.1 Å². The highest BCUT2D eigenvalue weighted by molar-refractivity contribution is 7.03. The van der Waals surface area contributed by atoms with Crippen LogP contribution in [0.15, 0.2) is 5.38 Å². The van der Waals surface area contributed by atoms with Gasteiger partial charge < -0.3 is 10.6 Å². The minimum Gasteiger partial charge on any atom is -0.348 e. The normalized spacial score (nSPS) is 26.5. The minimum atomic E-state index is -0.0832. The van der Waals surface area contributed by atoms with Crippen molar-refractivity contribution in [1.29, 1.82) is 0 Å². The van der Waals surface area contributed by atoms with Gasteiger partial charge in [-0.15, -0.1) is 5.10 Å². The van der Waals surface area contributed by atoms with Crippen LogP contribution in [0.1, 0.15) is 42.6 Å². The lowest BCUT2D eigenvalue weighted by Gasteiger charge is -2.48. The Hall–Kier alpha value is -1.01. The van der Waals surface area contributed by atoms with Crippen LogP contribution in [0, 0.1) is 0 Å². The van der Waals surface area contributed by atoms with Gasteiger partial charge in [0.25, 0.3) is 5.91 Å². The lowest BCUT2D eigenvalue weighted by Crippen LogP contribution is -2.59. The molecule has 2 N–H and O–H groups in total. The number of piperidine rings is 1. The molecule has 1 aromatic heterocycles. The van der Waals surface area contributed by atoms with E-state index in [4.69, 9.17) is 0 Å². The smallest absolute Gasteiger partial charge is 0.272 e. The summed E-state index contributed by atoms with van der Waals surface area (Å²) < 4.78 is 3.71. The second-order valence-electron chi connectivity index (χ2n) is 5.01. The van der Waals surface area contributed by atoms with Crippen molar-refractivity contribution in [3.63, 3.8) is 0 Å². The average Bonchev–Trinajstić information content (AvgIpc) is 2.81. The largest absolute Gasteiger partial charge is 0.348 e. The number of hydrogen-bond donors (Lipinski definition) is 2. The van der Waals surface area contributed by atoms with Crippen LogP contribution >= 0.6 is 11.5 Å². The summed E-state index contributed by atoms with van der Waals surface area (Å²) in [6.45, 7) is 1.00. The number of carbonyl (C=O) groups excluding carboxylic acids is 1. The third-order valence-corrected chi connectivity index (χ3v) is 4.37. The fraction of sp³-hybridized carbons (Fsp3) is 0.727. The van der Waals surface area contributed by atoms with Gasteiger partial charge in [-0.2, -0.15) is 0 Å². The quantitative estimate of drug-likeness (QED) is 0.822. The Morgan fingerprint density at radius 1 is 1.59 bits per heavy atom. The SMILES string of the molecule is O=C(NC1CCNC2(CCC2)C1)c1csnn1. The maximum Gasteiger partial charge on any atom is 0.272 e. The van der Waals surface area contributed by atoms with Gasteiger partial charge in [0.05, 0.1) is 0 Å². The Bertz CT molecular complexity index is 402. The first-order valence-electron chi connectivity index (χ1n) is 6.10. The van der Waals surface area contributed by atoms with Gasteiger partial charge >= 0.3 is 0 Å². The third-order valence-electron chi connectivity index (χ3n) is 3.87. The highest BCUT2D eigenvalue weighted by Gasteiger charge is 2.41. The van der Waals surface area contributed by atoms with Gasteiger partial charge in [0, 0.05) is 17.0 Å². The van der Waals surface area contributed by atoms with Crippen LogP contribution in [-0.2, 0) is 0 Å². The van der Waals surface area contributed by atoms with Crippen molar-refractivity contribution in [1.82, 2.24) is 20.2 Å². The lowest BCUT2D eigenvalue weighted by molar-refractivity contribution is 0.0848. The molecule has 1 aromatic rings. The van der Waals surface area contributed by atoms with Gasteiger partial charge in [0.2, 0.25) is 0 Å². The fourth-order valence-corrected chi connectivity index (χ4v) is 3.22. The lowest BCUT2D eigenvalue weighted by atomic mass is 9.70. The topological polar surface area (TPSA) is 66.9 Å². The van der Waals surface area contributed by atoms with Gasteiger partial charge in [0.15, 0.2) is 5.69 Å². The van der Waals surface area contributed by atoms with E-state index in [-0.39, 0.29) is 11.9 Å². The molecule has 1 aliphatic heterocycles. The zero-order chi connectivity index (χ0) is 11.7. The Kier molecular flexibility index (Phi) is 2.84. The van der Waals surface area contributed by atoms with Crippen LogP contribution in [0.25, 0.3) is 0 Å². The summed E-state index contributed by atoms with van der Waals surface area (Å²) in [6, 6.07) is 0.283. The van der Waals surface area contributed by atoms with Crippen LogP contribution in [0.2, 0.25) is 0 Å². The summed E-state index contributed by atoms with van der Waals surface area (Å²) in [4.78, 5) is 11.9. The fourth-order valence-electron chi connectivity index (χ4n) is 2.79. The van der Waals surface area contributed by atoms with Crippen LogP contribution in [0.5, 0.6) is 0 Å². The molecule has 2 fully saturated rings.